The molecule has 0 aromatic heterocycles. The molecule has 0 aliphatic carbocycles. The largest absolute Gasteiger partial charge is 0.368 e. The van der Waals surface area contributed by atoms with Crippen LogP contribution in [0.2, 0.25) is 0 Å². The lowest BCUT2D eigenvalue weighted by atomic mass is 10.0. The van der Waals surface area contributed by atoms with Crippen LogP contribution in [0.25, 0.3) is 0 Å². The number of carbonyl (C=O) groups is 1. The fraction of sp³-hybridized carbons (Fsp3) is 0.889. The van der Waals surface area contributed by atoms with Crippen LogP contribution in [0, 0.1) is 5.92 Å². The third-order valence-corrected chi connectivity index (χ3v) is 2.65. The molecule has 2 aliphatic heterocycles. The number of amides is 1. The standard InChI is InChI=1S/C9H16N2O2/c12-9(8-2-1-3-13-8)11-6-7-4-10-5-7/h7-8,10H,1-6H2,(H,11,12). The van der Waals surface area contributed by atoms with Gasteiger partial charge in [-0.2, -0.15) is 0 Å². The average Bonchev–Trinajstić information content (AvgIpc) is 2.52. The van der Waals surface area contributed by atoms with E-state index in [2.05, 4.69) is 10.6 Å². The summed E-state index contributed by atoms with van der Waals surface area (Å²) in [7, 11) is 0. The highest BCUT2D eigenvalue weighted by atomic mass is 16.5. The number of hydrogen-bond donors (Lipinski definition) is 2. The van der Waals surface area contributed by atoms with Crippen molar-refractivity contribution in [2.24, 2.45) is 5.92 Å². The number of ether oxygens (including phenoxy) is 1. The molecule has 2 rings (SSSR count). The zero-order valence-electron chi connectivity index (χ0n) is 7.71. The molecule has 4 heteroatoms. The third-order valence-electron chi connectivity index (χ3n) is 2.65. The normalized spacial score (nSPS) is 28.5. The molecule has 2 aliphatic rings. The first-order valence-corrected chi connectivity index (χ1v) is 4.96. The minimum absolute atomic E-state index is 0.0735. The van der Waals surface area contributed by atoms with Crippen LogP contribution in [0.5, 0.6) is 0 Å². The van der Waals surface area contributed by atoms with Crippen molar-refractivity contribution in [3.8, 4) is 0 Å². The summed E-state index contributed by atoms with van der Waals surface area (Å²) in [5.41, 5.74) is 0. The van der Waals surface area contributed by atoms with Gasteiger partial charge in [0.1, 0.15) is 6.10 Å². The molecule has 74 valence electrons. The Labute approximate surface area is 78.0 Å². The molecule has 2 N–H and O–H groups in total. The van der Waals surface area contributed by atoms with Crippen LogP contribution in [0.3, 0.4) is 0 Å². The van der Waals surface area contributed by atoms with Crippen molar-refractivity contribution in [1.29, 1.82) is 0 Å². The SMILES string of the molecule is O=C(NCC1CNC1)C1CCCO1. The summed E-state index contributed by atoms with van der Waals surface area (Å²) in [5.74, 6) is 0.703. The van der Waals surface area contributed by atoms with Gasteiger partial charge >= 0.3 is 0 Å². The monoisotopic (exact) mass is 184 g/mol. The van der Waals surface area contributed by atoms with Gasteiger partial charge in [0.05, 0.1) is 0 Å². The second-order valence-corrected chi connectivity index (χ2v) is 3.77. The molecule has 0 aromatic carbocycles. The summed E-state index contributed by atoms with van der Waals surface area (Å²) >= 11 is 0. The quantitative estimate of drug-likeness (QED) is 0.622. The Balaban J connectivity index is 1.65. The summed E-state index contributed by atoms with van der Waals surface area (Å²) in [4.78, 5) is 11.4. The molecule has 0 radical (unpaired) electrons. The maximum atomic E-state index is 11.4. The van der Waals surface area contributed by atoms with Crippen LogP contribution < -0.4 is 10.6 Å². The molecule has 1 amide bonds. The van der Waals surface area contributed by atoms with Crippen LogP contribution in [0.1, 0.15) is 12.8 Å². The maximum Gasteiger partial charge on any atom is 0.249 e. The molecule has 1 unspecified atom stereocenters. The first kappa shape index (κ1) is 8.97. The van der Waals surface area contributed by atoms with Gasteiger partial charge in [0.15, 0.2) is 0 Å². The molecule has 2 saturated heterocycles. The molecule has 1 atom stereocenters. The summed E-state index contributed by atoms with van der Waals surface area (Å²) in [6.45, 7) is 3.60. The molecule has 13 heavy (non-hydrogen) atoms. The van der Waals surface area contributed by atoms with Crippen molar-refractivity contribution in [2.45, 2.75) is 18.9 Å². The van der Waals surface area contributed by atoms with Crippen LogP contribution in [0.15, 0.2) is 0 Å². The summed E-state index contributed by atoms with van der Waals surface area (Å²) < 4.78 is 5.27. The van der Waals surface area contributed by atoms with Crippen LogP contribution >= 0.6 is 0 Å². The van der Waals surface area contributed by atoms with Gasteiger partial charge in [-0.3, -0.25) is 4.79 Å². The van der Waals surface area contributed by atoms with Crippen molar-refractivity contribution in [3.05, 3.63) is 0 Å². The number of hydrogen-bond acceptors (Lipinski definition) is 3. The molecular weight excluding hydrogens is 168 g/mol. The smallest absolute Gasteiger partial charge is 0.249 e. The Morgan fingerprint density at radius 1 is 1.54 bits per heavy atom. The molecule has 2 fully saturated rings. The van der Waals surface area contributed by atoms with E-state index in [1.54, 1.807) is 0 Å². The third kappa shape index (κ3) is 2.19. The lowest BCUT2D eigenvalue weighted by molar-refractivity contribution is -0.130. The van der Waals surface area contributed by atoms with Gasteiger partial charge < -0.3 is 15.4 Å². The highest BCUT2D eigenvalue weighted by molar-refractivity contribution is 5.80. The van der Waals surface area contributed by atoms with Crippen LogP contribution in [0.4, 0.5) is 0 Å². The lowest BCUT2D eigenvalue weighted by Gasteiger charge is -2.27. The second kappa shape index (κ2) is 4.07. The van der Waals surface area contributed by atoms with Gasteiger partial charge in [-0.15, -0.1) is 0 Å². The van der Waals surface area contributed by atoms with Crippen molar-refractivity contribution in [3.63, 3.8) is 0 Å². The molecule has 4 nitrogen and oxygen atoms in total. The zero-order chi connectivity index (χ0) is 9.10. The van der Waals surface area contributed by atoms with E-state index in [4.69, 9.17) is 4.74 Å². The van der Waals surface area contributed by atoms with E-state index < -0.39 is 0 Å². The summed E-state index contributed by atoms with van der Waals surface area (Å²) in [6.07, 6.45) is 1.73. The number of nitrogens with one attached hydrogen (secondary N) is 2. The van der Waals surface area contributed by atoms with Crippen molar-refractivity contribution in [1.82, 2.24) is 10.6 Å². The minimum Gasteiger partial charge on any atom is -0.368 e. The molecule has 0 saturated carbocycles. The second-order valence-electron chi connectivity index (χ2n) is 3.77. The van der Waals surface area contributed by atoms with Gasteiger partial charge in [-0.1, -0.05) is 0 Å². The van der Waals surface area contributed by atoms with E-state index in [-0.39, 0.29) is 12.0 Å². The van der Waals surface area contributed by atoms with Gasteiger partial charge in [0.2, 0.25) is 5.91 Å². The van der Waals surface area contributed by atoms with E-state index in [0.717, 1.165) is 39.1 Å². The van der Waals surface area contributed by atoms with E-state index >= 15 is 0 Å². The van der Waals surface area contributed by atoms with Crippen molar-refractivity contribution < 1.29 is 9.53 Å². The van der Waals surface area contributed by atoms with Gasteiger partial charge in [-0.05, 0) is 12.8 Å². The Kier molecular flexibility index (Phi) is 2.80. The Morgan fingerprint density at radius 3 is 2.92 bits per heavy atom. The predicted molar refractivity (Wildman–Crippen MR) is 48.3 cm³/mol. The average molecular weight is 184 g/mol. The van der Waals surface area contributed by atoms with E-state index in [0.29, 0.717) is 5.92 Å². The maximum absolute atomic E-state index is 11.4. The zero-order valence-corrected chi connectivity index (χ0v) is 7.71. The fourth-order valence-electron chi connectivity index (χ4n) is 1.64. The molecule has 2 heterocycles. The number of carbonyl (C=O) groups excluding carboxylic acids is 1. The Morgan fingerprint density at radius 2 is 2.38 bits per heavy atom. The fourth-order valence-corrected chi connectivity index (χ4v) is 1.64. The van der Waals surface area contributed by atoms with Crippen LogP contribution in [-0.4, -0.2) is 38.3 Å². The highest BCUT2D eigenvalue weighted by Crippen LogP contribution is 2.11. The van der Waals surface area contributed by atoms with Crippen LogP contribution in [-0.2, 0) is 9.53 Å². The first-order valence-electron chi connectivity index (χ1n) is 4.96. The molecule has 0 aromatic rings. The molecular formula is C9H16N2O2. The Hall–Kier alpha value is -0.610. The van der Waals surface area contributed by atoms with E-state index in [1.165, 1.54) is 0 Å². The van der Waals surface area contributed by atoms with Gasteiger partial charge in [0.25, 0.3) is 0 Å². The first-order chi connectivity index (χ1) is 6.36. The minimum atomic E-state index is -0.173. The Bertz CT molecular complexity index is 186. The topological polar surface area (TPSA) is 50.4 Å². The predicted octanol–water partition coefficient (Wildman–Crippen LogP) is -0.499. The van der Waals surface area contributed by atoms with E-state index in [9.17, 15) is 4.79 Å². The number of rotatable bonds is 3. The summed E-state index contributed by atoms with van der Waals surface area (Å²) in [6, 6.07) is 0. The molecule has 0 spiro atoms. The molecule has 0 bridgehead atoms. The lowest BCUT2D eigenvalue weighted by Crippen LogP contribution is -2.49. The van der Waals surface area contributed by atoms with Gasteiger partial charge in [-0.25, -0.2) is 0 Å². The highest BCUT2D eigenvalue weighted by Gasteiger charge is 2.24. The van der Waals surface area contributed by atoms with Crippen molar-refractivity contribution >= 4 is 5.91 Å². The van der Waals surface area contributed by atoms with E-state index in [1.807, 2.05) is 0 Å². The van der Waals surface area contributed by atoms with Gasteiger partial charge in [0, 0.05) is 32.2 Å². The summed E-state index contributed by atoms with van der Waals surface area (Å²) in [5, 5.41) is 6.09. The van der Waals surface area contributed by atoms with Crippen molar-refractivity contribution in [2.75, 3.05) is 26.2 Å².